The summed E-state index contributed by atoms with van der Waals surface area (Å²) in [7, 11) is 1.70. The van der Waals surface area contributed by atoms with Crippen LogP contribution in [0.1, 0.15) is 31.4 Å². The van der Waals surface area contributed by atoms with E-state index in [-0.39, 0.29) is 12.2 Å². The predicted octanol–water partition coefficient (Wildman–Crippen LogP) is 4.17. The van der Waals surface area contributed by atoms with Crippen molar-refractivity contribution in [3.8, 4) is 11.9 Å². The molecule has 0 spiro atoms. The van der Waals surface area contributed by atoms with Crippen LogP contribution in [0.15, 0.2) is 36.4 Å². The van der Waals surface area contributed by atoms with Crippen LogP contribution in [0.3, 0.4) is 0 Å². The van der Waals surface area contributed by atoms with Gasteiger partial charge in [-0.3, -0.25) is 0 Å². The zero-order valence-corrected chi connectivity index (χ0v) is 16.1. The summed E-state index contributed by atoms with van der Waals surface area (Å²) < 4.78 is 24.9. The number of halogens is 1. The molecule has 1 atom stereocenters. The van der Waals surface area contributed by atoms with E-state index in [1.165, 1.54) is 6.07 Å². The molecule has 0 unspecified atom stereocenters. The Kier molecular flexibility index (Phi) is 8.02. The minimum atomic E-state index is -0.453. The molecule has 2 rings (SSSR count). The summed E-state index contributed by atoms with van der Waals surface area (Å²) in [4.78, 5) is 6.78. The van der Waals surface area contributed by atoms with Crippen molar-refractivity contribution in [2.45, 2.75) is 26.9 Å². The third-order valence-electron chi connectivity index (χ3n) is 4.07. The summed E-state index contributed by atoms with van der Waals surface area (Å²) in [6.07, 6.45) is 1.00. The number of methoxy groups -OCH3 is 1. The molecule has 1 aromatic carbocycles. The Bertz CT molecular complexity index is 776. The van der Waals surface area contributed by atoms with Gasteiger partial charge in [0.2, 0.25) is 5.88 Å². The maximum atomic E-state index is 14.0. The van der Waals surface area contributed by atoms with Gasteiger partial charge in [-0.15, -0.1) is 0 Å². The van der Waals surface area contributed by atoms with Gasteiger partial charge in [-0.1, -0.05) is 26.0 Å². The minimum absolute atomic E-state index is 0.0574. The molecule has 0 aliphatic carbocycles. The second kappa shape index (κ2) is 10.5. The smallest absolute Gasteiger partial charge is 0.215 e. The Balaban J connectivity index is 2.08. The molecule has 144 valence electrons. The number of nitriles is 1. The number of hydrogen-bond acceptors (Lipinski definition) is 5. The lowest BCUT2D eigenvalue weighted by Gasteiger charge is -2.26. The fourth-order valence-electron chi connectivity index (χ4n) is 2.83. The highest BCUT2D eigenvalue weighted by Gasteiger charge is 2.13. The van der Waals surface area contributed by atoms with Crippen molar-refractivity contribution < 1.29 is 13.9 Å². The third-order valence-corrected chi connectivity index (χ3v) is 4.07. The standard InChI is InChI=1S/C21H26FN3O2/c1-4-10-25(13-16(2)14-26-3)20-6-5-7-21(24-20)27-15-18-9-8-17(12-23)11-19(18)22/h5-9,11,16H,4,10,13-15H2,1-3H3/t16-/m1/s1. The number of aromatic nitrogens is 1. The van der Waals surface area contributed by atoms with Crippen molar-refractivity contribution in [2.24, 2.45) is 5.92 Å². The number of pyridine rings is 1. The highest BCUT2D eigenvalue weighted by molar-refractivity contribution is 5.41. The Labute approximate surface area is 160 Å². The van der Waals surface area contributed by atoms with Gasteiger partial charge < -0.3 is 14.4 Å². The Morgan fingerprint density at radius 3 is 2.78 bits per heavy atom. The van der Waals surface area contributed by atoms with Crippen LogP contribution in [0.4, 0.5) is 10.2 Å². The second-order valence-electron chi connectivity index (χ2n) is 6.55. The molecule has 0 amide bonds. The molecular weight excluding hydrogens is 345 g/mol. The van der Waals surface area contributed by atoms with Crippen LogP contribution < -0.4 is 9.64 Å². The lowest BCUT2D eigenvalue weighted by Crippen LogP contribution is -2.31. The molecular formula is C21H26FN3O2. The monoisotopic (exact) mass is 371 g/mol. The third kappa shape index (κ3) is 6.22. The average molecular weight is 371 g/mol. The molecule has 0 saturated heterocycles. The Morgan fingerprint density at radius 1 is 1.30 bits per heavy atom. The lowest BCUT2D eigenvalue weighted by molar-refractivity contribution is 0.161. The van der Waals surface area contributed by atoms with Crippen molar-refractivity contribution in [1.29, 1.82) is 5.26 Å². The Hall–Kier alpha value is -2.65. The highest BCUT2D eigenvalue weighted by atomic mass is 19.1. The molecule has 2 aromatic rings. The van der Waals surface area contributed by atoms with E-state index >= 15 is 0 Å². The topological polar surface area (TPSA) is 58.4 Å². The van der Waals surface area contributed by atoms with Crippen LogP contribution in [-0.4, -0.2) is 31.8 Å². The lowest BCUT2D eigenvalue weighted by atomic mass is 10.1. The van der Waals surface area contributed by atoms with E-state index in [1.807, 2.05) is 18.2 Å². The largest absolute Gasteiger partial charge is 0.473 e. The van der Waals surface area contributed by atoms with Gasteiger partial charge >= 0.3 is 0 Å². The molecule has 1 aromatic heterocycles. The van der Waals surface area contributed by atoms with Crippen molar-refractivity contribution in [1.82, 2.24) is 4.98 Å². The first kappa shape index (κ1) is 20.7. The van der Waals surface area contributed by atoms with Crippen molar-refractivity contribution >= 4 is 5.82 Å². The fourth-order valence-corrected chi connectivity index (χ4v) is 2.83. The molecule has 1 heterocycles. The van der Waals surface area contributed by atoms with Gasteiger partial charge in [0.1, 0.15) is 18.2 Å². The zero-order chi connectivity index (χ0) is 19.6. The highest BCUT2D eigenvalue weighted by Crippen LogP contribution is 2.19. The summed E-state index contributed by atoms with van der Waals surface area (Å²) in [6.45, 7) is 6.73. The van der Waals surface area contributed by atoms with Gasteiger partial charge in [0.15, 0.2) is 0 Å². The van der Waals surface area contributed by atoms with E-state index in [0.717, 1.165) is 25.3 Å². The van der Waals surface area contributed by atoms with Crippen molar-refractivity contribution in [3.63, 3.8) is 0 Å². The van der Waals surface area contributed by atoms with E-state index in [4.69, 9.17) is 14.7 Å². The van der Waals surface area contributed by atoms with Crippen molar-refractivity contribution in [3.05, 3.63) is 53.3 Å². The summed E-state index contributed by atoms with van der Waals surface area (Å²) in [5.74, 6) is 1.20. The summed E-state index contributed by atoms with van der Waals surface area (Å²) in [5, 5.41) is 8.81. The minimum Gasteiger partial charge on any atom is -0.473 e. The van der Waals surface area contributed by atoms with Crippen molar-refractivity contribution in [2.75, 3.05) is 31.7 Å². The number of anilines is 1. The molecule has 0 fully saturated rings. The van der Waals surface area contributed by atoms with Gasteiger partial charge in [-0.05, 0) is 30.5 Å². The molecule has 0 N–H and O–H groups in total. The quantitative estimate of drug-likeness (QED) is 0.627. The van der Waals surface area contributed by atoms with Gasteiger partial charge in [0.25, 0.3) is 0 Å². The van der Waals surface area contributed by atoms with E-state index < -0.39 is 5.82 Å². The molecule has 0 radical (unpaired) electrons. The first-order valence-corrected chi connectivity index (χ1v) is 9.09. The van der Waals surface area contributed by atoms with Crippen LogP contribution in [0.25, 0.3) is 0 Å². The molecule has 5 nitrogen and oxygen atoms in total. The molecule has 6 heteroatoms. The van der Waals surface area contributed by atoms with E-state index in [2.05, 4.69) is 23.7 Å². The van der Waals surface area contributed by atoms with Gasteiger partial charge in [0, 0.05) is 31.8 Å². The van der Waals surface area contributed by atoms with E-state index in [0.29, 0.717) is 24.0 Å². The molecule has 0 bridgehead atoms. The molecule has 0 aliphatic rings. The van der Waals surface area contributed by atoms with E-state index in [9.17, 15) is 4.39 Å². The molecule has 0 aliphatic heterocycles. The predicted molar refractivity (Wildman–Crippen MR) is 103 cm³/mol. The van der Waals surface area contributed by atoms with Gasteiger partial charge in [0.05, 0.1) is 18.2 Å². The van der Waals surface area contributed by atoms with Gasteiger partial charge in [-0.2, -0.15) is 10.2 Å². The SMILES string of the molecule is CCCN(C[C@@H](C)COC)c1cccc(OCc2ccc(C#N)cc2F)n1. The number of ether oxygens (including phenoxy) is 2. The Morgan fingerprint density at radius 2 is 2.11 bits per heavy atom. The average Bonchev–Trinajstić information content (AvgIpc) is 2.67. The van der Waals surface area contributed by atoms with Gasteiger partial charge in [-0.25, -0.2) is 4.39 Å². The zero-order valence-electron chi connectivity index (χ0n) is 16.1. The maximum absolute atomic E-state index is 14.0. The first-order valence-electron chi connectivity index (χ1n) is 9.09. The second-order valence-corrected chi connectivity index (χ2v) is 6.55. The normalized spacial score (nSPS) is 11.7. The summed E-state index contributed by atoms with van der Waals surface area (Å²) in [5.41, 5.74) is 0.678. The van der Waals surface area contributed by atoms with Crippen LogP contribution in [0.2, 0.25) is 0 Å². The fraction of sp³-hybridized carbons (Fsp3) is 0.429. The number of benzene rings is 1. The first-order chi connectivity index (χ1) is 13.1. The van der Waals surface area contributed by atoms with Crippen LogP contribution in [0, 0.1) is 23.1 Å². The number of hydrogen-bond donors (Lipinski definition) is 0. The van der Waals surface area contributed by atoms with E-state index in [1.54, 1.807) is 25.3 Å². The maximum Gasteiger partial charge on any atom is 0.215 e. The van der Waals surface area contributed by atoms with Crippen LogP contribution >= 0.6 is 0 Å². The van der Waals surface area contributed by atoms with Crippen LogP contribution in [-0.2, 0) is 11.3 Å². The number of rotatable bonds is 10. The molecule has 0 saturated carbocycles. The summed E-state index contributed by atoms with van der Waals surface area (Å²) >= 11 is 0. The molecule has 27 heavy (non-hydrogen) atoms. The number of nitrogens with zero attached hydrogens (tertiary/aromatic N) is 3. The van der Waals surface area contributed by atoms with Crippen LogP contribution in [0.5, 0.6) is 5.88 Å². The summed E-state index contributed by atoms with van der Waals surface area (Å²) in [6, 6.07) is 11.9.